The highest BCUT2D eigenvalue weighted by Crippen LogP contribution is 2.28. The zero-order chi connectivity index (χ0) is 24.5. The van der Waals surface area contributed by atoms with E-state index in [2.05, 4.69) is 20.6 Å². The summed E-state index contributed by atoms with van der Waals surface area (Å²) >= 11 is 0. The molecule has 0 spiro atoms. The Hall–Kier alpha value is -4.73. The second-order valence-corrected chi connectivity index (χ2v) is 7.76. The summed E-state index contributed by atoms with van der Waals surface area (Å²) in [6.07, 6.45) is 3.00. The normalized spacial score (nSPS) is 11.1. The van der Waals surface area contributed by atoms with Crippen molar-refractivity contribution in [3.63, 3.8) is 0 Å². The first-order chi connectivity index (χ1) is 17.0. The summed E-state index contributed by atoms with van der Waals surface area (Å²) < 4.78 is 17.5. The number of furan rings is 1. The molecule has 0 bridgehead atoms. The van der Waals surface area contributed by atoms with Crippen LogP contribution in [0.25, 0.3) is 28.2 Å². The van der Waals surface area contributed by atoms with E-state index in [1.165, 1.54) is 12.5 Å². The number of nitrogens with one attached hydrogen (secondary N) is 1. The molecule has 1 aromatic carbocycles. The summed E-state index contributed by atoms with van der Waals surface area (Å²) in [4.78, 5) is 29.9. The van der Waals surface area contributed by atoms with Gasteiger partial charge in [-0.15, -0.1) is 0 Å². The molecule has 10 nitrogen and oxygen atoms in total. The molecule has 0 fully saturated rings. The third-order valence-electron chi connectivity index (χ3n) is 5.49. The number of hydrogen-bond donors (Lipinski definition) is 1. The van der Waals surface area contributed by atoms with Gasteiger partial charge in [-0.1, -0.05) is 11.2 Å². The Kier molecular flexibility index (Phi) is 5.61. The fourth-order valence-corrected chi connectivity index (χ4v) is 3.82. The number of ether oxygens (including phenoxy) is 1. The lowest BCUT2D eigenvalue weighted by Gasteiger charge is -2.10. The second kappa shape index (κ2) is 8.90. The Morgan fingerprint density at radius 1 is 1.11 bits per heavy atom. The van der Waals surface area contributed by atoms with Crippen molar-refractivity contribution in [2.75, 3.05) is 11.9 Å². The van der Waals surface area contributed by atoms with Gasteiger partial charge in [0.1, 0.15) is 11.3 Å². The largest absolute Gasteiger partial charge is 0.463 e. The number of pyridine rings is 1. The summed E-state index contributed by atoms with van der Waals surface area (Å²) in [6.45, 7) is 5.56. The van der Waals surface area contributed by atoms with Crippen molar-refractivity contribution in [2.45, 2.75) is 20.8 Å². The lowest BCUT2D eigenvalue weighted by molar-refractivity contribution is 0.0525. The zero-order valence-electron chi connectivity index (χ0n) is 19.2. The number of amides is 1. The summed E-state index contributed by atoms with van der Waals surface area (Å²) in [5, 5.41) is 11.7. The number of rotatable bonds is 6. The van der Waals surface area contributed by atoms with E-state index in [1.807, 2.05) is 6.07 Å². The second-order valence-electron chi connectivity index (χ2n) is 7.76. The fraction of sp³-hybridized carbons (Fsp3) is 0.160. The van der Waals surface area contributed by atoms with Gasteiger partial charge >= 0.3 is 5.97 Å². The fourth-order valence-electron chi connectivity index (χ4n) is 3.82. The quantitative estimate of drug-likeness (QED) is 0.353. The van der Waals surface area contributed by atoms with Crippen molar-refractivity contribution in [1.82, 2.24) is 19.9 Å². The van der Waals surface area contributed by atoms with Crippen LogP contribution in [0.2, 0.25) is 0 Å². The van der Waals surface area contributed by atoms with Crippen molar-refractivity contribution in [1.29, 1.82) is 0 Å². The SMILES string of the molecule is CCOC(=O)c1cnn(-c2cccc(NC(=O)c3cc(-c4ccco4)nc4onc(C)c34)c2)c1C. The van der Waals surface area contributed by atoms with Crippen molar-refractivity contribution < 1.29 is 23.3 Å². The Morgan fingerprint density at radius 2 is 1.97 bits per heavy atom. The van der Waals surface area contributed by atoms with E-state index in [0.717, 1.165) is 0 Å². The summed E-state index contributed by atoms with van der Waals surface area (Å²) in [5.74, 6) is -0.291. The topological polar surface area (TPSA) is 125 Å². The third kappa shape index (κ3) is 4.05. The zero-order valence-corrected chi connectivity index (χ0v) is 19.2. The van der Waals surface area contributed by atoms with Gasteiger partial charge in [0.05, 0.1) is 47.1 Å². The maximum Gasteiger partial charge on any atom is 0.341 e. The van der Waals surface area contributed by atoms with E-state index in [-0.39, 0.29) is 18.2 Å². The van der Waals surface area contributed by atoms with Crippen LogP contribution in [0.3, 0.4) is 0 Å². The average molecular weight is 471 g/mol. The Bertz CT molecular complexity index is 1550. The number of esters is 1. The Morgan fingerprint density at radius 3 is 2.74 bits per heavy atom. The number of benzene rings is 1. The van der Waals surface area contributed by atoms with E-state index >= 15 is 0 Å². The van der Waals surface area contributed by atoms with Gasteiger partial charge in [-0.3, -0.25) is 4.79 Å². The number of fused-ring (bicyclic) bond motifs is 1. The van der Waals surface area contributed by atoms with E-state index < -0.39 is 5.97 Å². The molecule has 0 saturated heterocycles. The van der Waals surface area contributed by atoms with E-state index in [4.69, 9.17) is 13.7 Å². The van der Waals surface area contributed by atoms with Crippen LogP contribution in [-0.2, 0) is 4.74 Å². The predicted octanol–water partition coefficient (Wildman–Crippen LogP) is 4.71. The predicted molar refractivity (Wildman–Crippen MR) is 126 cm³/mol. The van der Waals surface area contributed by atoms with E-state index in [9.17, 15) is 9.59 Å². The van der Waals surface area contributed by atoms with Gasteiger partial charge in [-0.25, -0.2) is 14.5 Å². The van der Waals surface area contributed by atoms with Crippen LogP contribution >= 0.6 is 0 Å². The molecule has 35 heavy (non-hydrogen) atoms. The first-order valence-electron chi connectivity index (χ1n) is 10.9. The van der Waals surface area contributed by atoms with Crippen molar-refractivity contribution >= 4 is 28.7 Å². The minimum absolute atomic E-state index is 0.244. The van der Waals surface area contributed by atoms with Crippen molar-refractivity contribution in [2.24, 2.45) is 0 Å². The number of nitrogens with zero attached hydrogens (tertiary/aromatic N) is 4. The molecule has 0 atom stereocenters. The number of hydrogen-bond acceptors (Lipinski definition) is 8. The molecule has 10 heteroatoms. The van der Waals surface area contributed by atoms with Crippen LogP contribution in [0.15, 0.2) is 63.9 Å². The summed E-state index contributed by atoms with van der Waals surface area (Å²) in [7, 11) is 0. The minimum atomic E-state index is -0.432. The van der Waals surface area contributed by atoms with Crippen molar-refractivity contribution in [3.8, 4) is 17.1 Å². The average Bonchev–Trinajstić information content (AvgIpc) is 3.59. The molecule has 0 unspecified atom stereocenters. The minimum Gasteiger partial charge on any atom is -0.463 e. The first kappa shape index (κ1) is 22.1. The molecule has 176 valence electrons. The molecule has 4 heterocycles. The van der Waals surface area contributed by atoms with Gasteiger partial charge in [0, 0.05) is 5.69 Å². The van der Waals surface area contributed by atoms with Crippen LogP contribution in [0, 0.1) is 13.8 Å². The highest BCUT2D eigenvalue weighted by molar-refractivity contribution is 6.13. The molecule has 0 aliphatic rings. The van der Waals surface area contributed by atoms with Gasteiger partial charge in [0.15, 0.2) is 5.76 Å². The lowest BCUT2D eigenvalue weighted by Crippen LogP contribution is -2.13. The molecule has 1 N–H and O–H groups in total. The molecular weight excluding hydrogens is 450 g/mol. The first-order valence-corrected chi connectivity index (χ1v) is 10.9. The molecule has 0 aliphatic heterocycles. The van der Waals surface area contributed by atoms with Crippen LogP contribution in [0.1, 0.15) is 39.0 Å². The molecule has 0 saturated carbocycles. The molecule has 5 aromatic rings. The van der Waals surface area contributed by atoms with E-state index in [1.54, 1.807) is 61.9 Å². The summed E-state index contributed by atoms with van der Waals surface area (Å²) in [6, 6.07) is 12.3. The molecule has 4 aromatic heterocycles. The highest BCUT2D eigenvalue weighted by Gasteiger charge is 2.21. The number of carbonyl (C=O) groups excluding carboxylic acids is 2. The van der Waals surface area contributed by atoms with Gasteiger partial charge in [0.2, 0.25) is 0 Å². The lowest BCUT2D eigenvalue weighted by atomic mass is 10.1. The van der Waals surface area contributed by atoms with Crippen LogP contribution in [0.4, 0.5) is 5.69 Å². The molecule has 1 amide bonds. The van der Waals surface area contributed by atoms with Gasteiger partial charge < -0.3 is 19.0 Å². The molecule has 5 rings (SSSR count). The molecular formula is C25H21N5O5. The maximum absolute atomic E-state index is 13.4. The van der Waals surface area contributed by atoms with Gasteiger partial charge in [-0.05, 0) is 57.2 Å². The standard InChI is InChI=1S/C25H21N5O5/c1-4-33-25(32)19-13-26-30(15(19)3)17-8-5-7-16(11-17)27-23(31)18-12-20(21-9-6-10-34-21)28-24-22(18)14(2)29-35-24/h5-13H,4H2,1-3H3,(H,27,31). The number of aromatic nitrogens is 4. The van der Waals surface area contributed by atoms with Gasteiger partial charge in [0.25, 0.3) is 11.6 Å². The van der Waals surface area contributed by atoms with E-state index in [0.29, 0.717) is 50.7 Å². The van der Waals surface area contributed by atoms with Gasteiger partial charge in [-0.2, -0.15) is 5.10 Å². The smallest absolute Gasteiger partial charge is 0.341 e. The third-order valence-corrected chi connectivity index (χ3v) is 5.49. The molecule has 0 radical (unpaired) electrons. The van der Waals surface area contributed by atoms with Crippen molar-refractivity contribution in [3.05, 3.63) is 77.4 Å². The summed E-state index contributed by atoms with van der Waals surface area (Å²) in [5.41, 5.74) is 3.83. The van der Waals surface area contributed by atoms with Crippen LogP contribution < -0.4 is 5.32 Å². The number of anilines is 1. The Labute approximate surface area is 199 Å². The highest BCUT2D eigenvalue weighted by atomic mass is 16.5. The number of aryl methyl sites for hydroxylation is 1. The maximum atomic E-state index is 13.4. The molecule has 0 aliphatic carbocycles. The monoisotopic (exact) mass is 471 g/mol. The Balaban J connectivity index is 1.48. The van der Waals surface area contributed by atoms with Crippen LogP contribution in [-0.4, -0.2) is 38.4 Å². The number of carbonyl (C=O) groups is 2. The van der Waals surface area contributed by atoms with Crippen LogP contribution in [0.5, 0.6) is 0 Å².